The van der Waals surface area contributed by atoms with Crippen molar-refractivity contribution in [3.8, 4) is 0 Å². The molecular weight excluding hydrogens is 242 g/mol. The molecule has 6 nitrogen and oxygen atoms in total. The number of carbonyl (C=O) groups excluding carboxylic acids is 1. The minimum Gasteiger partial charge on any atom is -0.370 e. The quantitative estimate of drug-likeness (QED) is 0.763. The fraction of sp³-hybridized carbons (Fsp3) is 0.308. The third kappa shape index (κ3) is 3.31. The van der Waals surface area contributed by atoms with E-state index in [1.165, 1.54) is 0 Å². The summed E-state index contributed by atoms with van der Waals surface area (Å²) in [6, 6.07) is 5.22. The molecule has 2 aromatic heterocycles. The second-order valence-electron chi connectivity index (χ2n) is 4.17. The first-order valence-corrected chi connectivity index (χ1v) is 6.21. The van der Waals surface area contributed by atoms with E-state index in [-0.39, 0.29) is 11.9 Å². The highest BCUT2D eigenvalue weighted by Crippen LogP contribution is 2.11. The van der Waals surface area contributed by atoms with Gasteiger partial charge in [-0.2, -0.15) is 5.10 Å². The highest BCUT2D eigenvalue weighted by Gasteiger charge is 2.13. The summed E-state index contributed by atoms with van der Waals surface area (Å²) < 4.78 is 0. The predicted molar refractivity (Wildman–Crippen MR) is 72.9 cm³/mol. The maximum absolute atomic E-state index is 12.1. The summed E-state index contributed by atoms with van der Waals surface area (Å²) in [5, 5.41) is 12.5. The summed E-state index contributed by atoms with van der Waals surface area (Å²) in [4.78, 5) is 16.3. The molecule has 2 heterocycles. The number of nitrogens with zero attached hydrogens (tertiary/aromatic N) is 2. The van der Waals surface area contributed by atoms with Crippen molar-refractivity contribution in [2.24, 2.45) is 0 Å². The van der Waals surface area contributed by atoms with E-state index in [4.69, 9.17) is 0 Å². The molecule has 0 saturated heterocycles. The Balaban J connectivity index is 2.05. The Morgan fingerprint density at radius 3 is 3.00 bits per heavy atom. The molecule has 2 rings (SSSR count). The number of aromatic amines is 1. The van der Waals surface area contributed by atoms with Gasteiger partial charge in [-0.15, -0.1) is 0 Å². The van der Waals surface area contributed by atoms with E-state index in [9.17, 15) is 4.79 Å². The van der Waals surface area contributed by atoms with Gasteiger partial charge in [-0.3, -0.25) is 9.89 Å². The van der Waals surface area contributed by atoms with Crippen LogP contribution in [0.3, 0.4) is 0 Å². The molecule has 2 aromatic rings. The molecule has 0 aliphatic rings. The first kappa shape index (κ1) is 13.1. The smallest absolute Gasteiger partial charge is 0.270 e. The number of aromatic nitrogens is 3. The molecule has 0 spiro atoms. The molecule has 0 aliphatic heterocycles. The Morgan fingerprint density at radius 2 is 2.32 bits per heavy atom. The highest BCUT2D eigenvalue weighted by atomic mass is 16.1. The van der Waals surface area contributed by atoms with Gasteiger partial charge in [0.15, 0.2) is 0 Å². The minimum absolute atomic E-state index is 0.115. The zero-order valence-corrected chi connectivity index (χ0v) is 11.0. The van der Waals surface area contributed by atoms with Gasteiger partial charge in [-0.05, 0) is 26.0 Å². The van der Waals surface area contributed by atoms with Gasteiger partial charge < -0.3 is 10.6 Å². The van der Waals surface area contributed by atoms with Crippen LogP contribution < -0.4 is 10.6 Å². The number of hydrogen-bond donors (Lipinski definition) is 3. The van der Waals surface area contributed by atoms with E-state index in [0.29, 0.717) is 11.5 Å². The molecule has 0 bridgehead atoms. The molecule has 19 heavy (non-hydrogen) atoms. The lowest BCUT2D eigenvalue weighted by Gasteiger charge is -2.12. The molecule has 3 N–H and O–H groups in total. The SMILES string of the molecule is CCNc1cccc(C(=O)NC(C)c2cn[nH]c2)n1. The number of pyridine rings is 1. The van der Waals surface area contributed by atoms with E-state index >= 15 is 0 Å². The van der Waals surface area contributed by atoms with Crippen molar-refractivity contribution in [2.45, 2.75) is 19.9 Å². The lowest BCUT2D eigenvalue weighted by Crippen LogP contribution is -2.27. The van der Waals surface area contributed by atoms with Crippen molar-refractivity contribution in [1.29, 1.82) is 0 Å². The van der Waals surface area contributed by atoms with Crippen LogP contribution in [0.1, 0.15) is 35.9 Å². The Labute approximate surface area is 111 Å². The monoisotopic (exact) mass is 259 g/mol. The second-order valence-corrected chi connectivity index (χ2v) is 4.17. The molecule has 1 amide bonds. The van der Waals surface area contributed by atoms with Crippen LogP contribution in [-0.4, -0.2) is 27.6 Å². The van der Waals surface area contributed by atoms with Crippen molar-refractivity contribution < 1.29 is 4.79 Å². The highest BCUT2D eigenvalue weighted by molar-refractivity contribution is 5.92. The number of amides is 1. The molecule has 0 radical (unpaired) electrons. The lowest BCUT2D eigenvalue weighted by molar-refractivity contribution is 0.0935. The molecule has 0 fully saturated rings. The van der Waals surface area contributed by atoms with Gasteiger partial charge in [0.05, 0.1) is 12.2 Å². The average Bonchev–Trinajstić information content (AvgIpc) is 2.93. The van der Waals surface area contributed by atoms with Crippen LogP contribution in [0, 0.1) is 0 Å². The number of carbonyl (C=O) groups is 1. The number of H-pyrrole nitrogens is 1. The molecule has 1 atom stereocenters. The predicted octanol–water partition coefficient (Wildman–Crippen LogP) is 1.73. The molecule has 0 aliphatic carbocycles. The third-order valence-electron chi connectivity index (χ3n) is 2.71. The zero-order valence-electron chi connectivity index (χ0n) is 11.0. The Hall–Kier alpha value is -2.37. The van der Waals surface area contributed by atoms with Crippen LogP contribution in [0.25, 0.3) is 0 Å². The fourth-order valence-corrected chi connectivity index (χ4v) is 1.69. The van der Waals surface area contributed by atoms with Crippen molar-refractivity contribution in [2.75, 3.05) is 11.9 Å². The largest absolute Gasteiger partial charge is 0.370 e. The summed E-state index contributed by atoms with van der Waals surface area (Å²) in [7, 11) is 0. The third-order valence-corrected chi connectivity index (χ3v) is 2.71. The van der Waals surface area contributed by atoms with Gasteiger partial charge in [0.1, 0.15) is 11.5 Å². The van der Waals surface area contributed by atoms with Gasteiger partial charge >= 0.3 is 0 Å². The van der Waals surface area contributed by atoms with E-state index in [0.717, 1.165) is 12.1 Å². The first-order valence-electron chi connectivity index (χ1n) is 6.21. The average molecular weight is 259 g/mol. The molecular formula is C13H17N5O. The summed E-state index contributed by atoms with van der Waals surface area (Å²) in [5.74, 6) is 0.500. The van der Waals surface area contributed by atoms with Gasteiger partial charge in [-0.25, -0.2) is 4.98 Å². The maximum atomic E-state index is 12.1. The van der Waals surface area contributed by atoms with E-state index in [1.54, 1.807) is 18.5 Å². The van der Waals surface area contributed by atoms with E-state index in [1.807, 2.05) is 26.0 Å². The van der Waals surface area contributed by atoms with Gasteiger partial charge in [-0.1, -0.05) is 6.07 Å². The molecule has 100 valence electrons. The maximum Gasteiger partial charge on any atom is 0.270 e. The fourth-order valence-electron chi connectivity index (χ4n) is 1.69. The first-order chi connectivity index (χ1) is 9.20. The standard InChI is InChI=1S/C13H17N5O/c1-3-14-12-6-4-5-11(18-12)13(19)17-9(2)10-7-15-16-8-10/h4-9H,3H2,1-2H3,(H,14,18)(H,15,16)(H,17,19). The topological polar surface area (TPSA) is 82.7 Å². The van der Waals surface area contributed by atoms with Crippen LogP contribution in [-0.2, 0) is 0 Å². The summed E-state index contributed by atoms with van der Waals surface area (Å²) in [6.07, 6.45) is 3.45. The van der Waals surface area contributed by atoms with Crippen LogP contribution in [0.15, 0.2) is 30.6 Å². The summed E-state index contributed by atoms with van der Waals surface area (Å²) >= 11 is 0. The van der Waals surface area contributed by atoms with Gasteiger partial charge in [0.2, 0.25) is 0 Å². The Bertz CT molecular complexity index is 538. The normalized spacial score (nSPS) is 11.9. The van der Waals surface area contributed by atoms with E-state index in [2.05, 4.69) is 25.8 Å². The van der Waals surface area contributed by atoms with Gasteiger partial charge in [0, 0.05) is 18.3 Å². The Kier molecular flexibility index (Phi) is 4.12. The second kappa shape index (κ2) is 5.99. The number of anilines is 1. The van der Waals surface area contributed by atoms with Crippen LogP contribution in [0.4, 0.5) is 5.82 Å². The minimum atomic E-state index is -0.201. The van der Waals surface area contributed by atoms with Crippen molar-refractivity contribution in [3.63, 3.8) is 0 Å². The Morgan fingerprint density at radius 1 is 1.47 bits per heavy atom. The molecule has 0 aromatic carbocycles. The summed E-state index contributed by atoms with van der Waals surface area (Å²) in [5.41, 5.74) is 1.32. The van der Waals surface area contributed by atoms with Crippen LogP contribution in [0.2, 0.25) is 0 Å². The molecule has 1 unspecified atom stereocenters. The van der Waals surface area contributed by atoms with Crippen molar-refractivity contribution in [1.82, 2.24) is 20.5 Å². The summed E-state index contributed by atoms with van der Waals surface area (Å²) in [6.45, 7) is 4.65. The molecule has 6 heteroatoms. The van der Waals surface area contributed by atoms with Crippen molar-refractivity contribution >= 4 is 11.7 Å². The molecule has 0 saturated carbocycles. The van der Waals surface area contributed by atoms with Crippen molar-refractivity contribution in [3.05, 3.63) is 41.9 Å². The zero-order chi connectivity index (χ0) is 13.7. The lowest BCUT2D eigenvalue weighted by atomic mass is 10.2. The number of hydrogen-bond acceptors (Lipinski definition) is 4. The number of rotatable bonds is 5. The van der Waals surface area contributed by atoms with E-state index < -0.39 is 0 Å². The van der Waals surface area contributed by atoms with Crippen LogP contribution in [0.5, 0.6) is 0 Å². The number of nitrogens with one attached hydrogen (secondary N) is 3. The van der Waals surface area contributed by atoms with Crippen LogP contribution >= 0.6 is 0 Å². The van der Waals surface area contributed by atoms with Gasteiger partial charge in [0.25, 0.3) is 5.91 Å².